The molecule has 2 aliphatic heterocycles. The van der Waals surface area contributed by atoms with Crippen molar-refractivity contribution in [1.29, 1.82) is 0 Å². The van der Waals surface area contributed by atoms with Gasteiger partial charge in [0.25, 0.3) is 0 Å². The molecule has 0 radical (unpaired) electrons. The molecule has 118 valence electrons. The van der Waals surface area contributed by atoms with E-state index < -0.39 is 0 Å². The number of likely N-dealkylation sites (tertiary alicyclic amines) is 2. The Morgan fingerprint density at radius 2 is 2.00 bits per heavy atom. The van der Waals surface area contributed by atoms with Gasteiger partial charge in [0.1, 0.15) is 0 Å². The molecular formula is C16H33N3O. The van der Waals surface area contributed by atoms with Gasteiger partial charge in [-0.05, 0) is 52.2 Å². The molecule has 20 heavy (non-hydrogen) atoms. The van der Waals surface area contributed by atoms with Crippen LogP contribution >= 0.6 is 0 Å². The summed E-state index contributed by atoms with van der Waals surface area (Å²) in [6.45, 7) is 10.6. The van der Waals surface area contributed by atoms with E-state index in [0.717, 1.165) is 32.2 Å². The molecule has 4 nitrogen and oxygen atoms in total. The summed E-state index contributed by atoms with van der Waals surface area (Å²) < 4.78 is 5.07. The Kier molecular flexibility index (Phi) is 7.28. The minimum absolute atomic E-state index is 0.660. The number of nitrogens with one attached hydrogen (secondary N) is 1. The van der Waals surface area contributed by atoms with E-state index in [1.807, 2.05) is 0 Å². The Bertz CT molecular complexity index is 256. The topological polar surface area (TPSA) is 27.7 Å². The second kappa shape index (κ2) is 8.98. The number of methoxy groups -OCH3 is 1. The fourth-order valence-electron chi connectivity index (χ4n) is 3.53. The minimum Gasteiger partial charge on any atom is -0.385 e. The van der Waals surface area contributed by atoms with Gasteiger partial charge in [-0.1, -0.05) is 6.42 Å². The molecule has 2 unspecified atom stereocenters. The first-order valence-corrected chi connectivity index (χ1v) is 8.49. The van der Waals surface area contributed by atoms with Gasteiger partial charge in [-0.3, -0.25) is 9.80 Å². The maximum Gasteiger partial charge on any atom is 0.0474 e. The lowest BCUT2D eigenvalue weighted by Gasteiger charge is -2.33. The van der Waals surface area contributed by atoms with Gasteiger partial charge >= 0.3 is 0 Å². The van der Waals surface area contributed by atoms with Gasteiger partial charge in [-0.2, -0.15) is 0 Å². The zero-order valence-electron chi connectivity index (χ0n) is 13.4. The quantitative estimate of drug-likeness (QED) is 0.684. The lowest BCUT2D eigenvalue weighted by atomic mass is 10.1. The molecule has 0 aromatic rings. The molecule has 2 aliphatic rings. The maximum atomic E-state index is 5.07. The summed E-state index contributed by atoms with van der Waals surface area (Å²) in [5.74, 6) is 0. The van der Waals surface area contributed by atoms with Gasteiger partial charge in [0.15, 0.2) is 0 Å². The summed E-state index contributed by atoms with van der Waals surface area (Å²) in [6, 6.07) is 1.48. The summed E-state index contributed by atoms with van der Waals surface area (Å²) in [7, 11) is 1.77. The van der Waals surface area contributed by atoms with Gasteiger partial charge < -0.3 is 10.1 Å². The molecule has 0 aromatic heterocycles. The van der Waals surface area contributed by atoms with E-state index in [0.29, 0.717) is 6.04 Å². The average Bonchev–Trinajstić information content (AvgIpc) is 2.98. The summed E-state index contributed by atoms with van der Waals surface area (Å²) in [5, 5.41) is 3.56. The molecule has 2 fully saturated rings. The molecule has 0 amide bonds. The van der Waals surface area contributed by atoms with Gasteiger partial charge in [0.05, 0.1) is 0 Å². The molecule has 2 heterocycles. The fraction of sp³-hybridized carbons (Fsp3) is 1.00. The van der Waals surface area contributed by atoms with Crippen LogP contribution in [0.2, 0.25) is 0 Å². The van der Waals surface area contributed by atoms with Crippen LogP contribution in [0.4, 0.5) is 0 Å². The Morgan fingerprint density at radius 1 is 1.20 bits per heavy atom. The van der Waals surface area contributed by atoms with Crippen LogP contribution in [0.25, 0.3) is 0 Å². The normalized spacial score (nSPS) is 27.0. The monoisotopic (exact) mass is 283 g/mol. The summed E-state index contributed by atoms with van der Waals surface area (Å²) in [5.41, 5.74) is 0. The first-order chi connectivity index (χ1) is 9.81. The van der Waals surface area contributed by atoms with Gasteiger partial charge in [0, 0.05) is 45.4 Å². The molecule has 4 heteroatoms. The molecule has 2 atom stereocenters. The second-order valence-corrected chi connectivity index (χ2v) is 6.43. The number of nitrogens with zero attached hydrogens (tertiary/aromatic N) is 2. The van der Waals surface area contributed by atoms with Crippen LogP contribution < -0.4 is 5.32 Å². The van der Waals surface area contributed by atoms with Crippen LogP contribution in [0, 0.1) is 0 Å². The third kappa shape index (κ3) is 4.99. The van der Waals surface area contributed by atoms with Crippen molar-refractivity contribution >= 4 is 0 Å². The molecule has 2 rings (SSSR count). The Balaban J connectivity index is 1.61. The summed E-state index contributed by atoms with van der Waals surface area (Å²) in [6.07, 6.45) is 6.74. The first kappa shape index (κ1) is 16.2. The average molecular weight is 283 g/mol. The zero-order valence-corrected chi connectivity index (χ0v) is 13.4. The fourth-order valence-corrected chi connectivity index (χ4v) is 3.53. The van der Waals surface area contributed by atoms with Crippen LogP contribution in [0.1, 0.15) is 39.0 Å². The van der Waals surface area contributed by atoms with Crippen molar-refractivity contribution in [1.82, 2.24) is 15.1 Å². The van der Waals surface area contributed by atoms with Crippen molar-refractivity contribution in [2.45, 2.75) is 51.1 Å². The number of hydrogen-bond donors (Lipinski definition) is 1. The minimum atomic E-state index is 0.660. The Hall–Kier alpha value is -0.160. The van der Waals surface area contributed by atoms with Crippen LogP contribution in [0.5, 0.6) is 0 Å². The standard InChI is InChI=1S/C16H33N3O/c1-15(13-17-8-6-12-20-2)19-11-7-16(14-19)18-9-4-3-5-10-18/h15-17H,3-14H2,1-2H3. The zero-order chi connectivity index (χ0) is 14.2. The van der Waals surface area contributed by atoms with E-state index in [9.17, 15) is 0 Å². The number of piperidine rings is 1. The summed E-state index contributed by atoms with van der Waals surface area (Å²) in [4.78, 5) is 5.41. The Morgan fingerprint density at radius 3 is 2.75 bits per heavy atom. The smallest absolute Gasteiger partial charge is 0.0474 e. The van der Waals surface area contributed by atoms with E-state index in [-0.39, 0.29) is 0 Å². The predicted molar refractivity (Wildman–Crippen MR) is 84.2 cm³/mol. The van der Waals surface area contributed by atoms with Crippen LogP contribution in [-0.4, -0.2) is 74.9 Å². The number of ether oxygens (including phenoxy) is 1. The highest BCUT2D eigenvalue weighted by atomic mass is 16.5. The van der Waals surface area contributed by atoms with E-state index >= 15 is 0 Å². The molecule has 0 aromatic carbocycles. The number of hydrogen-bond acceptors (Lipinski definition) is 4. The Labute approximate surface area is 124 Å². The highest BCUT2D eigenvalue weighted by molar-refractivity contribution is 4.87. The third-order valence-corrected chi connectivity index (χ3v) is 4.87. The molecule has 0 bridgehead atoms. The van der Waals surface area contributed by atoms with E-state index in [4.69, 9.17) is 4.74 Å². The number of rotatable bonds is 8. The summed E-state index contributed by atoms with van der Waals surface area (Å²) >= 11 is 0. The SMILES string of the molecule is COCCCNCC(C)N1CCC(N2CCCCC2)C1. The first-order valence-electron chi connectivity index (χ1n) is 8.49. The second-order valence-electron chi connectivity index (χ2n) is 6.43. The molecule has 0 saturated carbocycles. The van der Waals surface area contributed by atoms with Gasteiger partial charge in [-0.15, -0.1) is 0 Å². The van der Waals surface area contributed by atoms with Crippen molar-refractivity contribution < 1.29 is 4.74 Å². The van der Waals surface area contributed by atoms with Gasteiger partial charge in [0.2, 0.25) is 0 Å². The lowest BCUT2D eigenvalue weighted by Crippen LogP contribution is -2.44. The van der Waals surface area contributed by atoms with E-state index in [2.05, 4.69) is 22.0 Å². The third-order valence-electron chi connectivity index (χ3n) is 4.87. The predicted octanol–water partition coefficient (Wildman–Crippen LogP) is 1.56. The van der Waals surface area contributed by atoms with Crippen LogP contribution in [0.15, 0.2) is 0 Å². The highest BCUT2D eigenvalue weighted by Crippen LogP contribution is 2.21. The molecular weight excluding hydrogens is 250 g/mol. The molecule has 1 N–H and O–H groups in total. The lowest BCUT2D eigenvalue weighted by molar-refractivity contribution is 0.153. The van der Waals surface area contributed by atoms with Crippen molar-refractivity contribution in [3.05, 3.63) is 0 Å². The van der Waals surface area contributed by atoms with E-state index in [1.54, 1.807) is 7.11 Å². The van der Waals surface area contributed by atoms with Crippen molar-refractivity contribution in [2.24, 2.45) is 0 Å². The largest absolute Gasteiger partial charge is 0.385 e. The molecule has 0 spiro atoms. The highest BCUT2D eigenvalue weighted by Gasteiger charge is 2.30. The maximum absolute atomic E-state index is 5.07. The van der Waals surface area contributed by atoms with Crippen molar-refractivity contribution in [2.75, 3.05) is 53.0 Å². The molecule has 0 aliphatic carbocycles. The molecule has 2 saturated heterocycles. The van der Waals surface area contributed by atoms with Gasteiger partial charge in [-0.25, -0.2) is 0 Å². The van der Waals surface area contributed by atoms with Crippen LogP contribution in [-0.2, 0) is 4.74 Å². The van der Waals surface area contributed by atoms with E-state index in [1.165, 1.54) is 51.9 Å². The van der Waals surface area contributed by atoms with Crippen molar-refractivity contribution in [3.8, 4) is 0 Å². The van der Waals surface area contributed by atoms with Crippen molar-refractivity contribution in [3.63, 3.8) is 0 Å². The van der Waals surface area contributed by atoms with Crippen LogP contribution in [0.3, 0.4) is 0 Å².